The van der Waals surface area contributed by atoms with Crippen LogP contribution in [0.5, 0.6) is 5.75 Å². The highest BCUT2D eigenvalue weighted by Crippen LogP contribution is 2.36. The second-order valence-electron chi connectivity index (χ2n) is 10.4. The summed E-state index contributed by atoms with van der Waals surface area (Å²) in [5.41, 5.74) is 2.64. The molecule has 0 radical (unpaired) electrons. The molecule has 2 saturated heterocycles. The number of nitrogens with zero attached hydrogens (tertiary/aromatic N) is 2. The fraction of sp³-hybridized carbons (Fsp3) is 0.464. The van der Waals surface area contributed by atoms with Crippen LogP contribution in [0.15, 0.2) is 42.5 Å². The Kier molecular flexibility index (Phi) is 5.99. The van der Waals surface area contributed by atoms with Gasteiger partial charge in [-0.3, -0.25) is 24.6 Å². The predicted octanol–water partition coefficient (Wildman–Crippen LogP) is 3.38. The van der Waals surface area contributed by atoms with E-state index < -0.39 is 11.9 Å². The largest absolute Gasteiger partial charge is 0.489 e. The van der Waals surface area contributed by atoms with Gasteiger partial charge in [0.2, 0.25) is 11.8 Å². The number of hydrogen-bond donors (Lipinski definition) is 1. The standard InChI is InChI=1S/C28H30FN3O4/c29-20-7-5-17(6-8-20)19-14-31(15-19)23-3-1-2-4-25(23)36-21-9-10-22-18(13-21)16-32(28(22)35)24-11-12-26(33)30-27(24)34/h5-10,13,19,23-25H,1-4,11-12,14-16H2,(H,30,33,34)/t23-,24-,25-/m1/s1. The van der Waals surface area contributed by atoms with E-state index in [1.807, 2.05) is 24.3 Å². The molecule has 7 nitrogen and oxygen atoms in total. The van der Waals surface area contributed by atoms with Crippen LogP contribution < -0.4 is 10.1 Å². The summed E-state index contributed by atoms with van der Waals surface area (Å²) >= 11 is 0. The molecular formula is C28H30FN3O4. The lowest BCUT2D eigenvalue weighted by molar-refractivity contribution is -0.136. The first-order valence-corrected chi connectivity index (χ1v) is 12.9. The smallest absolute Gasteiger partial charge is 0.255 e. The van der Waals surface area contributed by atoms with Crippen LogP contribution in [-0.2, 0) is 16.1 Å². The van der Waals surface area contributed by atoms with Crippen molar-refractivity contribution in [2.75, 3.05) is 13.1 Å². The predicted molar refractivity (Wildman–Crippen MR) is 130 cm³/mol. The summed E-state index contributed by atoms with van der Waals surface area (Å²) in [6.45, 7) is 2.25. The zero-order valence-corrected chi connectivity index (χ0v) is 20.1. The number of hydrogen-bond acceptors (Lipinski definition) is 5. The van der Waals surface area contributed by atoms with Gasteiger partial charge in [-0.15, -0.1) is 0 Å². The van der Waals surface area contributed by atoms with E-state index >= 15 is 0 Å². The van der Waals surface area contributed by atoms with E-state index in [2.05, 4.69) is 10.2 Å². The Hall–Kier alpha value is -3.26. The maximum atomic E-state index is 13.3. The van der Waals surface area contributed by atoms with Gasteiger partial charge in [-0.1, -0.05) is 18.6 Å². The van der Waals surface area contributed by atoms with Crippen molar-refractivity contribution in [3.63, 3.8) is 0 Å². The van der Waals surface area contributed by atoms with Crippen molar-refractivity contribution in [2.45, 2.75) is 69.2 Å². The maximum absolute atomic E-state index is 13.3. The van der Waals surface area contributed by atoms with Crippen molar-refractivity contribution >= 4 is 17.7 Å². The third-order valence-corrected chi connectivity index (χ3v) is 8.17. The van der Waals surface area contributed by atoms with Crippen molar-refractivity contribution in [3.8, 4) is 5.75 Å². The highest BCUT2D eigenvalue weighted by atomic mass is 19.1. The summed E-state index contributed by atoms with van der Waals surface area (Å²) < 4.78 is 19.8. The number of nitrogens with one attached hydrogen (secondary N) is 1. The highest BCUT2D eigenvalue weighted by Gasteiger charge is 2.41. The summed E-state index contributed by atoms with van der Waals surface area (Å²) in [5.74, 6) is 0.115. The second-order valence-corrected chi connectivity index (χ2v) is 10.4. The average molecular weight is 492 g/mol. The molecule has 1 aliphatic carbocycles. The van der Waals surface area contributed by atoms with Gasteiger partial charge in [0.1, 0.15) is 23.7 Å². The van der Waals surface area contributed by atoms with E-state index in [0.717, 1.165) is 43.7 Å². The van der Waals surface area contributed by atoms with Gasteiger partial charge < -0.3 is 9.64 Å². The molecule has 2 aromatic rings. The number of carbonyl (C=O) groups excluding carboxylic acids is 3. The molecule has 0 spiro atoms. The van der Waals surface area contributed by atoms with Crippen LogP contribution in [-0.4, -0.2) is 58.8 Å². The molecule has 1 saturated carbocycles. The van der Waals surface area contributed by atoms with Crippen molar-refractivity contribution in [1.82, 2.24) is 15.1 Å². The fourth-order valence-corrected chi connectivity index (χ4v) is 6.16. The Labute approximate surface area is 209 Å². The van der Waals surface area contributed by atoms with E-state index in [4.69, 9.17) is 4.74 Å². The monoisotopic (exact) mass is 491 g/mol. The Morgan fingerprint density at radius 3 is 2.50 bits per heavy atom. The molecule has 36 heavy (non-hydrogen) atoms. The highest BCUT2D eigenvalue weighted by molar-refractivity contribution is 6.05. The minimum absolute atomic E-state index is 0.0781. The molecule has 0 unspecified atom stereocenters. The molecule has 8 heteroatoms. The fourth-order valence-electron chi connectivity index (χ4n) is 6.16. The molecule has 1 N–H and O–H groups in total. The minimum atomic E-state index is -0.616. The number of rotatable bonds is 5. The summed E-state index contributed by atoms with van der Waals surface area (Å²) in [6, 6.07) is 12.1. The van der Waals surface area contributed by atoms with Gasteiger partial charge in [-0.2, -0.15) is 0 Å². The molecule has 3 atom stereocenters. The second kappa shape index (κ2) is 9.32. The van der Waals surface area contributed by atoms with Crippen LogP contribution in [0.1, 0.15) is 65.9 Å². The van der Waals surface area contributed by atoms with Crippen LogP contribution in [0, 0.1) is 5.82 Å². The van der Waals surface area contributed by atoms with Gasteiger partial charge in [-0.25, -0.2) is 4.39 Å². The molecule has 3 amide bonds. The van der Waals surface area contributed by atoms with E-state index in [-0.39, 0.29) is 30.2 Å². The van der Waals surface area contributed by atoms with Gasteiger partial charge >= 0.3 is 0 Å². The average Bonchev–Trinajstić information content (AvgIpc) is 3.16. The Morgan fingerprint density at radius 1 is 0.944 bits per heavy atom. The van der Waals surface area contributed by atoms with Crippen LogP contribution in [0.25, 0.3) is 0 Å². The first-order chi connectivity index (χ1) is 17.5. The van der Waals surface area contributed by atoms with E-state index in [9.17, 15) is 18.8 Å². The van der Waals surface area contributed by atoms with Gasteiger partial charge in [-0.05, 0) is 67.1 Å². The van der Waals surface area contributed by atoms with Crippen LogP contribution in [0.3, 0.4) is 0 Å². The summed E-state index contributed by atoms with van der Waals surface area (Å²) in [4.78, 5) is 40.8. The summed E-state index contributed by atoms with van der Waals surface area (Å²) in [5, 5.41) is 2.34. The van der Waals surface area contributed by atoms with Crippen molar-refractivity contribution in [1.29, 1.82) is 0 Å². The molecule has 6 rings (SSSR count). The number of benzene rings is 2. The normalized spacial score (nSPS) is 27.0. The maximum Gasteiger partial charge on any atom is 0.255 e. The number of amides is 3. The number of halogens is 1. The number of likely N-dealkylation sites (tertiary alicyclic amines) is 1. The summed E-state index contributed by atoms with van der Waals surface area (Å²) in [7, 11) is 0. The quantitative estimate of drug-likeness (QED) is 0.649. The molecule has 3 heterocycles. The van der Waals surface area contributed by atoms with Gasteiger partial charge in [0.25, 0.3) is 5.91 Å². The van der Waals surface area contributed by atoms with Gasteiger partial charge in [0.05, 0.1) is 0 Å². The lowest BCUT2D eigenvalue weighted by Gasteiger charge is -2.48. The molecule has 2 aromatic carbocycles. The number of carbonyl (C=O) groups is 3. The molecule has 0 aromatic heterocycles. The van der Waals surface area contributed by atoms with Gasteiger partial charge in [0, 0.05) is 43.6 Å². The molecule has 3 fully saturated rings. The zero-order valence-electron chi connectivity index (χ0n) is 20.1. The zero-order chi connectivity index (χ0) is 24.8. The molecule has 0 bridgehead atoms. The first-order valence-electron chi connectivity index (χ1n) is 12.9. The topological polar surface area (TPSA) is 79.0 Å². The third-order valence-electron chi connectivity index (χ3n) is 8.17. The lowest BCUT2D eigenvalue weighted by Crippen LogP contribution is -2.57. The van der Waals surface area contributed by atoms with Crippen LogP contribution >= 0.6 is 0 Å². The lowest BCUT2D eigenvalue weighted by atomic mass is 9.84. The number of ether oxygens (including phenoxy) is 1. The van der Waals surface area contributed by atoms with Crippen molar-refractivity contribution < 1.29 is 23.5 Å². The van der Waals surface area contributed by atoms with Crippen molar-refractivity contribution in [2.24, 2.45) is 0 Å². The molecule has 4 aliphatic rings. The summed E-state index contributed by atoms with van der Waals surface area (Å²) in [6.07, 6.45) is 5.06. The number of fused-ring (bicyclic) bond motifs is 1. The molecule has 3 aliphatic heterocycles. The Bertz CT molecular complexity index is 1190. The molecular weight excluding hydrogens is 461 g/mol. The van der Waals surface area contributed by atoms with Crippen LogP contribution in [0.4, 0.5) is 4.39 Å². The van der Waals surface area contributed by atoms with Gasteiger partial charge in [0.15, 0.2) is 0 Å². The van der Waals surface area contributed by atoms with E-state index in [0.29, 0.717) is 30.5 Å². The molecule has 188 valence electrons. The Morgan fingerprint density at radius 2 is 1.72 bits per heavy atom. The number of piperidine rings is 1. The SMILES string of the molecule is O=C1CC[C@@H](N2Cc3cc(O[C@@H]4CCCC[C@H]4N4CC(c5ccc(F)cc5)C4)ccc3C2=O)C(=O)N1. The third kappa shape index (κ3) is 4.28. The number of imide groups is 1. The van der Waals surface area contributed by atoms with E-state index in [1.165, 1.54) is 24.1 Å². The Balaban J connectivity index is 1.11. The first kappa shape index (κ1) is 23.2. The minimum Gasteiger partial charge on any atom is -0.489 e. The van der Waals surface area contributed by atoms with Crippen LogP contribution in [0.2, 0.25) is 0 Å². The van der Waals surface area contributed by atoms with E-state index in [1.54, 1.807) is 11.0 Å². The van der Waals surface area contributed by atoms with Crippen molar-refractivity contribution in [3.05, 3.63) is 65.0 Å².